The number of nitrogens with zero attached hydrogens (tertiary/aromatic N) is 1. The highest BCUT2D eigenvalue weighted by molar-refractivity contribution is 7.25. The van der Waals surface area contributed by atoms with E-state index in [1.54, 1.807) is 0 Å². The molecule has 0 bridgehead atoms. The normalized spacial score (nSPS) is 12.1. The Balaban J connectivity index is 0.892. The zero-order valence-electron chi connectivity index (χ0n) is 31.6. The summed E-state index contributed by atoms with van der Waals surface area (Å²) in [5.41, 5.74) is 13.5. The lowest BCUT2D eigenvalue weighted by Gasteiger charge is -2.09. The fraction of sp³-hybridized carbons (Fsp3) is 0. The number of aromatic nitrogens is 1. The highest BCUT2D eigenvalue weighted by Crippen LogP contribution is 2.42. The van der Waals surface area contributed by atoms with Gasteiger partial charge < -0.3 is 8.82 Å². The molecule has 0 aliphatic heterocycles. The predicted octanol–water partition coefficient (Wildman–Crippen LogP) is 15.1. The van der Waals surface area contributed by atoms with Crippen LogP contribution in [-0.4, -0.2) is 4.40 Å². The van der Waals surface area contributed by atoms with Gasteiger partial charge in [-0.2, -0.15) is 0 Å². The monoisotopic (exact) mass is 769 g/mol. The summed E-state index contributed by atoms with van der Waals surface area (Å²) in [4.78, 5) is 14.4. The van der Waals surface area contributed by atoms with Gasteiger partial charge in [-0.1, -0.05) is 121 Å². The average molecular weight is 770 g/mol. The predicted molar refractivity (Wildman–Crippen MR) is 249 cm³/mol. The second kappa shape index (κ2) is 12.2. The van der Waals surface area contributed by atoms with Crippen LogP contribution in [0.3, 0.4) is 0 Å². The van der Waals surface area contributed by atoms with Crippen molar-refractivity contribution in [2.75, 3.05) is 0 Å². The summed E-state index contributed by atoms with van der Waals surface area (Å²) in [6, 6.07) is 66.5. The summed E-state index contributed by atoms with van der Waals surface area (Å²) in [6.45, 7) is 0. The minimum Gasteiger partial charge on any atom is -0.456 e. The molecular weight excluding hydrogens is 739 g/mol. The molecule has 0 atom stereocenters. The third kappa shape index (κ3) is 4.84. The maximum absolute atomic E-state index is 14.4. The van der Waals surface area contributed by atoms with Crippen LogP contribution in [-0.2, 0) is 0 Å². The van der Waals surface area contributed by atoms with Crippen LogP contribution < -0.4 is 5.43 Å². The van der Waals surface area contributed by atoms with Gasteiger partial charge in [-0.05, 0) is 111 Å². The first-order valence-corrected chi connectivity index (χ1v) is 20.8. The van der Waals surface area contributed by atoms with Gasteiger partial charge in [0.15, 0.2) is 0 Å². The van der Waals surface area contributed by atoms with Gasteiger partial charge in [-0.25, -0.2) is 0 Å². The van der Waals surface area contributed by atoms with Crippen molar-refractivity contribution in [1.29, 1.82) is 0 Å². The molecule has 13 rings (SSSR count). The van der Waals surface area contributed by atoms with Crippen molar-refractivity contribution < 1.29 is 4.42 Å². The topological polar surface area (TPSA) is 34.6 Å². The molecule has 0 aliphatic rings. The Morgan fingerprint density at radius 1 is 0.339 bits per heavy atom. The Hall–Kier alpha value is -7.53. The van der Waals surface area contributed by atoms with Crippen molar-refractivity contribution in [3.05, 3.63) is 198 Å². The number of benzene rings is 9. The molecule has 0 saturated heterocycles. The number of rotatable bonds is 4. The van der Waals surface area contributed by atoms with E-state index in [1.165, 1.54) is 63.9 Å². The number of hydrogen-bond donors (Lipinski definition) is 0. The van der Waals surface area contributed by atoms with Crippen molar-refractivity contribution in [2.24, 2.45) is 0 Å². The van der Waals surface area contributed by atoms with Crippen molar-refractivity contribution in [1.82, 2.24) is 4.40 Å². The fourth-order valence-electron chi connectivity index (χ4n) is 9.47. The number of thiophene rings is 1. The van der Waals surface area contributed by atoms with Crippen molar-refractivity contribution in [3.63, 3.8) is 0 Å². The molecule has 0 spiro atoms. The molecule has 0 N–H and O–H groups in total. The summed E-state index contributed by atoms with van der Waals surface area (Å²) >= 11 is 1.83. The maximum Gasteiger partial charge on any atom is 0.200 e. The Morgan fingerprint density at radius 3 is 1.49 bits per heavy atom. The third-order valence-corrected chi connectivity index (χ3v) is 13.5. The van der Waals surface area contributed by atoms with Gasteiger partial charge in [0.05, 0.1) is 27.3 Å². The van der Waals surface area contributed by atoms with Crippen LogP contribution in [0.1, 0.15) is 0 Å². The zero-order chi connectivity index (χ0) is 38.8. The number of fused-ring (bicyclic) bond motifs is 11. The smallest absolute Gasteiger partial charge is 0.200 e. The van der Waals surface area contributed by atoms with E-state index >= 15 is 0 Å². The van der Waals surface area contributed by atoms with Gasteiger partial charge in [0.1, 0.15) is 11.2 Å². The lowest BCUT2D eigenvalue weighted by atomic mass is 9.96. The zero-order valence-corrected chi connectivity index (χ0v) is 32.4. The van der Waals surface area contributed by atoms with E-state index < -0.39 is 0 Å². The van der Waals surface area contributed by atoms with Crippen LogP contribution in [0, 0.1) is 0 Å². The summed E-state index contributed by atoms with van der Waals surface area (Å²) in [7, 11) is 0. The van der Waals surface area contributed by atoms with Crippen LogP contribution >= 0.6 is 11.3 Å². The van der Waals surface area contributed by atoms with Crippen molar-refractivity contribution >= 4 is 91.5 Å². The first kappa shape index (κ1) is 32.5. The van der Waals surface area contributed by atoms with Gasteiger partial charge in [0.2, 0.25) is 5.43 Å². The maximum atomic E-state index is 14.4. The fourth-order valence-corrected chi connectivity index (χ4v) is 10.5. The molecule has 3 nitrogen and oxygen atoms in total. The Bertz CT molecular complexity index is 3930. The molecule has 4 heterocycles. The number of para-hydroxylation sites is 2. The highest BCUT2D eigenvalue weighted by Gasteiger charge is 2.18. The van der Waals surface area contributed by atoms with Crippen LogP contribution in [0.4, 0.5) is 0 Å². The molecule has 274 valence electrons. The van der Waals surface area contributed by atoms with Gasteiger partial charge in [0.25, 0.3) is 0 Å². The highest BCUT2D eigenvalue weighted by atomic mass is 32.1. The quantitative estimate of drug-likeness (QED) is 0.167. The van der Waals surface area contributed by atoms with Gasteiger partial charge in [-0.3, -0.25) is 4.79 Å². The van der Waals surface area contributed by atoms with E-state index in [0.29, 0.717) is 21.9 Å². The van der Waals surface area contributed by atoms with Gasteiger partial charge >= 0.3 is 0 Å². The van der Waals surface area contributed by atoms with E-state index in [9.17, 15) is 4.79 Å². The largest absolute Gasteiger partial charge is 0.456 e. The standard InChI is InChI=1S/C55H31NO2S/c57-55-46-29-36(33-10-6-11-34(26-33)38-20-25-53-45(28-38)44-27-35(19-24-52(44)59-53)32-8-2-1-3-9-32)17-22-50(46)58-51-23-18-37(30-47(51)55)39-16-21-41-43-14-7-13-42-40-12-4-5-15-48(40)56(54(42)43)49(41)31-39/h1-31H. The van der Waals surface area contributed by atoms with Crippen molar-refractivity contribution in [2.45, 2.75) is 0 Å². The molecule has 13 aromatic rings. The lowest BCUT2D eigenvalue weighted by Crippen LogP contribution is -2.02. The second-order valence-electron chi connectivity index (χ2n) is 15.6. The summed E-state index contributed by atoms with van der Waals surface area (Å²) < 4.78 is 11.4. The lowest BCUT2D eigenvalue weighted by molar-refractivity contribution is 0.660. The summed E-state index contributed by atoms with van der Waals surface area (Å²) in [6.07, 6.45) is 0. The molecule has 0 amide bonds. The van der Waals surface area contributed by atoms with E-state index in [-0.39, 0.29) is 5.43 Å². The minimum absolute atomic E-state index is 0.0301. The average Bonchev–Trinajstić information content (AvgIpc) is 3.96. The molecule has 4 heteroatoms. The summed E-state index contributed by atoms with van der Waals surface area (Å²) in [5, 5.41) is 8.69. The Labute approximate surface area is 341 Å². The van der Waals surface area contributed by atoms with Crippen LogP contribution in [0.25, 0.3) is 125 Å². The molecule has 0 fully saturated rings. The first-order valence-electron chi connectivity index (χ1n) is 19.9. The Morgan fingerprint density at radius 2 is 0.814 bits per heavy atom. The molecule has 0 unspecified atom stereocenters. The molecule has 9 aromatic carbocycles. The minimum atomic E-state index is -0.0301. The number of hydrogen-bond acceptors (Lipinski definition) is 3. The molecule has 0 radical (unpaired) electrons. The van der Waals surface area contributed by atoms with Gasteiger partial charge in [0, 0.05) is 41.7 Å². The SMILES string of the molecule is O=c1c2cc(-c3cccc(-c4ccc5sc6ccc(-c7ccccc7)cc6c5c4)c3)ccc2oc2ccc(-c3ccc4c5cccc6c7ccccc7n(c4c3)c65)cc12. The van der Waals surface area contributed by atoms with Crippen LogP contribution in [0.2, 0.25) is 0 Å². The van der Waals surface area contributed by atoms with E-state index in [4.69, 9.17) is 4.42 Å². The summed E-state index contributed by atoms with van der Waals surface area (Å²) in [5.74, 6) is 0. The van der Waals surface area contributed by atoms with Crippen LogP contribution in [0.15, 0.2) is 197 Å². The molecular formula is C55H31NO2S. The van der Waals surface area contributed by atoms with Crippen LogP contribution in [0.5, 0.6) is 0 Å². The second-order valence-corrected chi connectivity index (χ2v) is 16.7. The molecule has 4 aromatic heterocycles. The van der Waals surface area contributed by atoms with Crippen molar-refractivity contribution in [3.8, 4) is 44.5 Å². The Kier molecular flexibility index (Phi) is 6.75. The molecule has 0 aliphatic carbocycles. The van der Waals surface area contributed by atoms with E-state index in [0.717, 1.165) is 38.9 Å². The van der Waals surface area contributed by atoms with E-state index in [2.05, 4.69) is 168 Å². The third-order valence-electron chi connectivity index (χ3n) is 12.3. The molecule has 0 saturated carbocycles. The first-order chi connectivity index (χ1) is 29.1. The van der Waals surface area contributed by atoms with Gasteiger partial charge in [-0.15, -0.1) is 11.3 Å². The molecule has 59 heavy (non-hydrogen) atoms. The van der Waals surface area contributed by atoms with E-state index in [1.807, 2.05) is 35.6 Å².